The minimum Gasteiger partial charge on any atom is -0.371 e. The summed E-state index contributed by atoms with van der Waals surface area (Å²) >= 11 is 0. The molecule has 2 fully saturated rings. The molecule has 0 bridgehead atoms. The van der Waals surface area contributed by atoms with Gasteiger partial charge in [0.25, 0.3) is 0 Å². The van der Waals surface area contributed by atoms with Gasteiger partial charge in [-0.25, -0.2) is 0 Å². The highest BCUT2D eigenvalue weighted by Crippen LogP contribution is 2.39. The SMILES string of the molecule is c1ccc(N2C[C@H]3CCC[C@H]3C2)cc1. The molecule has 74 valence electrons. The number of benzene rings is 1. The van der Waals surface area contributed by atoms with Crippen LogP contribution in [0.4, 0.5) is 5.69 Å². The van der Waals surface area contributed by atoms with Gasteiger partial charge in [0.1, 0.15) is 0 Å². The second-order valence-electron chi connectivity index (χ2n) is 4.69. The second-order valence-corrected chi connectivity index (χ2v) is 4.69. The third-order valence-corrected chi connectivity index (χ3v) is 3.85. The first-order chi connectivity index (χ1) is 6.93. The molecule has 0 aromatic heterocycles. The molecular formula is C13H17N. The van der Waals surface area contributed by atoms with Gasteiger partial charge in [-0.15, -0.1) is 0 Å². The highest BCUT2D eigenvalue weighted by Gasteiger charge is 2.35. The predicted molar refractivity (Wildman–Crippen MR) is 59.5 cm³/mol. The van der Waals surface area contributed by atoms with Crippen molar-refractivity contribution < 1.29 is 0 Å². The maximum atomic E-state index is 2.56. The molecule has 0 N–H and O–H groups in total. The van der Waals surface area contributed by atoms with Crippen molar-refractivity contribution >= 4 is 5.69 Å². The lowest BCUT2D eigenvalue weighted by atomic mass is 10.0. The number of fused-ring (bicyclic) bond motifs is 1. The summed E-state index contributed by atoms with van der Waals surface area (Å²) in [5.74, 6) is 1.99. The lowest BCUT2D eigenvalue weighted by Gasteiger charge is -2.19. The Morgan fingerprint density at radius 2 is 1.57 bits per heavy atom. The third-order valence-electron chi connectivity index (χ3n) is 3.85. The van der Waals surface area contributed by atoms with Gasteiger partial charge in [0, 0.05) is 18.8 Å². The molecule has 0 radical (unpaired) electrons. The van der Waals surface area contributed by atoms with Gasteiger partial charge in [-0.05, 0) is 36.8 Å². The molecule has 1 aliphatic heterocycles. The molecule has 1 nitrogen and oxygen atoms in total. The molecule has 0 unspecified atom stereocenters. The van der Waals surface area contributed by atoms with Gasteiger partial charge < -0.3 is 4.90 Å². The van der Waals surface area contributed by atoms with Crippen molar-refractivity contribution in [3.8, 4) is 0 Å². The van der Waals surface area contributed by atoms with Crippen LogP contribution < -0.4 is 4.90 Å². The third kappa shape index (κ3) is 1.31. The van der Waals surface area contributed by atoms with E-state index in [1.807, 2.05) is 0 Å². The van der Waals surface area contributed by atoms with Crippen molar-refractivity contribution in [1.82, 2.24) is 0 Å². The van der Waals surface area contributed by atoms with Crippen LogP contribution in [0.5, 0.6) is 0 Å². The molecule has 2 aliphatic rings. The summed E-state index contributed by atoms with van der Waals surface area (Å²) in [6.07, 6.45) is 4.40. The van der Waals surface area contributed by atoms with Gasteiger partial charge in [-0.2, -0.15) is 0 Å². The summed E-state index contributed by atoms with van der Waals surface area (Å²) in [6.45, 7) is 2.60. The van der Waals surface area contributed by atoms with E-state index in [0.29, 0.717) is 0 Å². The summed E-state index contributed by atoms with van der Waals surface area (Å²) in [4.78, 5) is 2.56. The number of nitrogens with zero attached hydrogens (tertiary/aromatic N) is 1. The number of rotatable bonds is 1. The molecule has 1 aliphatic carbocycles. The predicted octanol–water partition coefficient (Wildman–Crippen LogP) is 2.92. The average molecular weight is 187 g/mol. The first-order valence-corrected chi connectivity index (χ1v) is 5.73. The molecule has 3 rings (SSSR count). The van der Waals surface area contributed by atoms with E-state index in [1.54, 1.807) is 0 Å². The lowest BCUT2D eigenvalue weighted by Crippen LogP contribution is -2.20. The van der Waals surface area contributed by atoms with E-state index >= 15 is 0 Å². The molecule has 14 heavy (non-hydrogen) atoms. The molecule has 1 aromatic carbocycles. The molecule has 1 aromatic rings. The largest absolute Gasteiger partial charge is 0.371 e. The van der Waals surface area contributed by atoms with Gasteiger partial charge in [0.2, 0.25) is 0 Å². The highest BCUT2D eigenvalue weighted by atomic mass is 15.2. The van der Waals surface area contributed by atoms with Crippen LogP contribution in [0.1, 0.15) is 19.3 Å². The fraction of sp³-hybridized carbons (Fsp3) is 0.538. The fourth-order valence-electron chi connectivity index (χ4n) is 3.08. The van der Waals surface area contributed by atoms with E-state index in [4.69, 9.17) is 0 Å². The zero-order chi connectivity index (χ0) is 9.38. The van der Waals surface area contributed by atoms with Crippen molar-refractivity contribution in [3.63, 3.8) is 0 Å². The molecule has 0 amide bonds. The summed E-state index contributed by atoms with van der Waals surface area (Å²) in [5, 5.41) is 0. The van der Waals surface area contributed by atoms with Crippen LogP contribution in [0.25, 0.3) is 0 Å². The molecule has 1 heteroatoms. The summed E-state index contributed by atoms with van der Waals surface area (Å²) < 4.78 is 0. The normalized spacial score (nSPS) is 30.7. The highest BCUT2D eigenvalue weighted by molar-refractivity contribution is 5.47. The van der Waals surface area contributed by atoms with Gasteiger partial charge in [0.15, 0.2) is 0 Å². The van der Waals surface area contributed by atoms with Crippen LogP contribution in [0.15, 0.2) is 30.3 Å². The molecule has 2 atom stereocenters. The summed E-state index contributed by atoms with van der Waals surface area (Å²) in [5.41, 5.74) is 1.42. The quantitative estimate of drug-likeness (QED) is 0.653. The Labute approximate surface area is 85.7 Å². The van der Waals surface area contributed by atoms with Crippen LogP contribution in [-0.4, -0.2) is 13.1 Å². The summed E-state index contributed by atoms with van der Waals surface area (Å²) in [6, 6.07) is 10.9. The monoisotopic (exact) mass is 187 g/mol. The van der Waals surface area contributed by atoms with Gasteiger partial charge in [-0.1, -0.05) is 24.6 Å². The second kappa shape index (κ2) is 3.30. The molecule has 1 heterocycles. The molecular weight excluding hydrogens is 170 g/mol. The van der Waals surface area contributed by atoms with E-state index in [1.165, 1.54) is 38.0 Å². The van der Waals surface area contributed by atoms with Crippen LogP contribution in [0.3, 0.4) is 0 Å². The smallest absolute Gasteiger partial charge is 0.0366 e. The van der Waals surface area contributed by atoms with Gasteiger partial charge in [-0.3, -0.25) is 0 Å². The van der Waals surface area contributed by atoms with Crippen molar-refractivity contribution in [2.45, 2.75) is 19.3 Å². The van der Waals surface area contributed by atoms with E-state index in [9.17, 15) is 0 Å². The minimum atomic E-state index is 0.996. The maximum Gasteiger partial charge on any atom is 0.0366 e. The van der Waals surface area contributed by atoms with Crippen molar-refractivity contribution in [2.75, 3.05) is 18.0 Å². The Morgan fingerprint density at radius 3 is 2.21 bits per heavy atom. The van der Waals surface area contributed by atoms with Gasteiger partial charge >= 0.3 is 0 Å². The van der Waals surface area contributed by atoms with Crippen molar-refractivity contribution in [2.24, 2.45) is 11.8 Å². The minimum absolute atomic E-state index is 0.996. The van der Waals surface area contributed by atoms with Crippen LogP contribution in [-0.2, 0) is 0 Å². The number of hydrogen-bond acceptors (Lipinski definition) is 1. The van der Waals surface area contributed by atoms with Crippen LogP contribution in [0.2, 0.25) is 0 Å². The Balaban J connectivity index is 1.77. The molecule has 1 saturated carbocycles. The molecule has 0 spiro atoms. The zero-order valence-corrected chi connectivity index (χ0v) is 8.52. The first kappa shape index (κ1) is 8.34. The lowest BCUT2D eigenvalue weighted by molar-refractivity contribution is 0.494. The van der Waals surface area contributed by atoms with Crippen LogP contribution in [0, 0.1) is 11.8 Å². The first-order valence-electron chi connectivity index (χ1n) is 5.73. The molecule has 1 saturated heterocycles. The van der Waals surface area contributed by atoms with Crippen molar-refractivity contribution in [3.05, 3.63) is 30.3 Å². The Bertz CT molecular complexity index is 294. The van der Waals surface area contributed by atoms with E-state index in [-0.39, 0.29) is 0 Å². The topological polar surface area (TPSA) is 3.24 Å². The Hall–Kier alpha value is -0.980. The fourth-order valence-corrected chi connectivity index (χ4v) is 3.08. The van der Waals surface area contributed by atoms with E-state index < -0.39 is 0 Å². The van der Waals surface area contributed by atoms with Crippen molar-refractivity contribution in [1.29, 1.82) is 0 Å². The number of para-hydroxylation sites is 1. The average Bonchev–Trinajstić information content (AvgIpc) is 2.78. The summed E-state index contributed by atoms with van der Waals surface area (Å²) in [7, 11) is 0. The van der Waals surface area contributed by atoms with Gasteiger partial charge in [0.05, 0.1) is 0 Å². The maximum absolute atomic E-state index is 2.56. The number of anilines is 1. The van der Waals surface area contributed by atoms with E-state index in [2.05, 4.69) is 35.2 Å². The number of hydrogen-bond donors (Lipinski definition) is 0. The standard InChI is InChI=1S/C13H17N/c1-2-7-13(8-3-1)14-9-11-5-4-6-12(11)10-14/h1-3,7-8,11-12H,4-6,9-10H2/t11-,12+. The Kier molecular flexibility index (Phi) is 1.97. The van der Waals surface area contributed by atoms with Crippen LogP contribution >= 0.6 is 0 Å². The Morgan fingerprint density at radius 1 is 0.929 bits per heavy atom. The van der Waals surface area contributed by atoms with E-state index in [0.717, 1.165) is 11.8 Å². The zero-order valence-electron chi connectivity index (χ0n) is 8.52.